The molecular weight excluding hydrogens is 425 g/mol. The van der Waals surface area contributed by atoms with Gasteiger partial charge in [-0.05, 0) is 5.56 Å². The Kier molecular flexibility index (Phi) is 9.79. The minimum Gasteiger partial charge on any atom is -0.487 e. The molecule has 0 unspecified atom stereocenters. The summed E-state index contributed by atoms with van der Waals surface area (Å²) in [6, 6.07) is 7.04. The van der Waals surface area contributed by atoms with Crippen LogP contribution in [0.15, 0.2) is 35.3 Å². The summed E-state index contributed by atoms with van der Waals surface area (Å²) in [5, 5.41) is 24.8. The number of carbonyl (C=O) groups excluding carboxylic acids is 1. The van der Waals surface area contributed by atoms with Crippen molar-refractivity contribution in [3.63, 3.8) is 0 Å². The topological polar surface area (TPSA) is 108 Å². The number of urea groups is 1. The van der Waals surface area contributed by atoms with Gasteiger partial charge in [0.15, 0.2) is 0 Å². The summed E-state index contributed by atoms with van der Waals surface area (Å²) >= 11 is 0. The second-order valence-electron chi connectivity index (χ2n) is 5.83. The predicted molar refractivity (Wildman–Crippen MR) is 97.1 cm³/mol. The van der Waals surface area contributed by atoms with Gasteiger partial charge in [-0.1, -0.05) is 29.8 Å². The normalized spacial score (nSPS) is 10.2. The van der Waals surface area contributed by atoms with Crippen molar-refractivity contribution in [3.05, 3.63) is 58.5 Å². The molecule has 1 radical (unpaired) electrons. The van der Waals surface area contributed by atoms with Crippen LogP contribution in [0.25, 0.3) is 11.1 Å². The summed E-state index contributed by atoms with van der Waals surface area (Å²) in [4.78, 5) is 25.4. The fourth-order valence-electron chi connectivity index (χ4n) is 2.43. The van der Waals surface area contributed by atoms with E-state index in [1.54, 1.807) is 32.8 Å². The van der Waals surface area contributed by atoms with Crippen LogP contribution in [0.5, 0.6) is 0 Å². The van der Waals surface area contributed by atoms with Crippen LogP contribution in [0.3, 0.4) is 0 Å². The summed E-state index contributed by atoms with van der Waals surface area (Å²) in [5.74, 6) is 0. The molecule has 0 aliphatic carbocycles. The quantitative estimate of drug-likeness (QED) is 0.528. The largest absolute Gasteiger partial charge is 0.487 e. The maximum absolute atomic E-state index is 12.3. The van der Waals surface area contributed by atoms with E-state index in [-0.39, 0.29) is 64.1 Å². The number of nitrogens with one attached hydrogen (secondary N) is 1. The van der Waals surface area contributed by atoms with E-state index in [4.69, 9.17) is 5.11 Å². The van der Waals surface area contributed by atoms with Crippen molar-refractivity contribution < 1.29 is 47.7 Å². The van der Waals surface area contributed by atoms with Crippen LogP contribution in [0.4, 0.5) is 4.79 Å². The van der Waals surface area contributed by atoms with Crippen LogP contribution in [-0.2, 0) is 52.8 Å². The van der Waals surface area contributed by atoms with Gasteiger partial charge in [0, 0.05) is 58.9 Å². The maximum Gasteiger partial charge on any atom is 0.287 e. The van der Waals surface area contributed by atoms with Gasteiger partial charge in [-0.3, -0.25) is 9.59 Å². The van der Waals surface area contributed by atoms with Crippen molar-refractivity contribution in [1.29, 1.82) is 0 Å². The number of rotatable bonds is 7. The maximum atomic E-state index is 12.3. The zero-order valence-corrected chi connectivity index (χ0v) is 18.3. The number of hydrogen-bond donors (Lipinski definition) is 3. The molecule has 1 aromatic carbocycles. The number of aliphatic hydroxyl groups excluding tert-OH is 2. The average molecular weight is 448 g/mol. The van der Waals surface area contributed by atoms with Gasteiger partial charge in [0.25, 0.3) is 11.6 Å². The van der Waals surface area contributed by atoms with E-state index < -0.39 is 0 Å². The molecule has 2 aromatic rings. The SMILES string of the molecule is CN(CCO)C(=O)N[CH-]Cc1ccc(-c2c(CO)cnn(C)c2=O)cc1.[Y]. The molecule has 0 spiro atoms. The van der Waals surface area contributed by atoms with Crippen LogP contribution in [0.1, 0.15) is 11.1 Å². The molecular formula is C18H23N4O4Y-. The Labute approximate surface area is 183 Å². The zero-order valence-electron chi connectivity index (χ0n) is 15.4. The van der Waals surface area contributed by atoms with Gasteiger partial charge < -0.3 is 20.4 Å². The third-order valence-corrected chi connectivity index (χ3v) is 3.97. The van der Waals surface area contributed by atoms with Crippen LogP contribution in [-0.4, -0.2) is 51.1 Å². The van der Waals surface area contributed by atoms with Gasteiger partial charge in [0.1, 0.15) is 0 Å². The number of aromatic nitrogens is 2. The molecule has 8 nitrogen and oxygen atoms in total. The monoisotopic (exact) mass is 448 g/mol. The Hall–Kier alpha value is -1.61. The van der Waals surface area contributed by atoms with E-state index in [1.807, 2.05) is 12.1 Å². The van der Waals surface area contributed by atoms with E-state index in [2.05, 4.69) is 10.4 Å². The Morgan fingerprint density at radius 2 is 1.96 bits per heavy atom. The smallest absolute Gasteiger partial charge is 0.287 e. The van der Waals surface area contributed by atoms with Gasteiger partial charge in [-0.25, -0.2) is 11.2 Å². The number of aryl methyl sites for hydroxylation is 1. The molecule has 1 heterocycles. The molecule has 0 fully saturated rings. The molecule has 9 heteroatoms. The number of likely N-dealkylation sites (N-methyl/N-ethyl adjacent to an activating group) is 1. The van der Waals surface area contributed by atoms with Crippen LogP contribution in [0, 0.1) is 6.54 Å². The first-order valence-electron chi connectivity index (χ1n) is 8.17. The van der Waals surface area contributed by atoms with E-state index >= 15 is 0 Å². The summed E-state index contributed by atoms with van der Waals surface area (Å²) in [7, 11) is 3.16. The Bertz CT molecular complexity index is 808. The van der Waals surface area contributed by atoms with Crippen molar-refractivity contribution in [2.75, 3.05) is 20.2 Å². The van der Waals surface area contributed by atoms with Crippen molar-refractivity contribution in [2.45, 2.75) is 13.0 Å². The summed E-state index contributed by atoms with van der Waals surface area (Å²) < 4.78 is 1.23. The van der Waals surface area contributed by atoms with Crippen LogP contribution >= 0.6 is 0 Å². The minimum absolute atomic E-state index is 0. The van der Waals surface area contributed by atoms with E-state index in [1.165, 1.54) is 15.8 Å². The van der Waals surface area contributed by atoms with Crippen molar-refractivity contribution in [3.8, 4) is 11.1 Å². The van der Waals surface area contributed by atoms with Gasteiger partial charge in [-0.2, -0.15) is 5.10 Å². The van der Waals surface area contributed by atoms with E-state index in [0.29, 0.717) is 23.1 Å². The number of benzene rings is 1. The molecule has 0 aliphatic rings. The molecule has 0 atom stereocenters. The molecule has 0 saturated carbocycles. The Morgan fingerprint density at radius 3 is 2.56 bits per heavy atom. The minimum atomic E-state index is -0.288. The molecule has 143 valence electrons. The zero-order chi connectivity index (χ0) is 19.1. The fourth-order valence-corrected chi connectivity index (χ4v) is 2.43. The molecule has 2 rings (SSSR count). The second kappa shape index (κ2) is 11.3. The standard InChI is InChI=1S/C18H23N4O4.Y/c1-21(9-10-23)18(26)19-8-7-13-3-5-14(6-4-13)16-15(12-24)11-20-22(2)17(16)25;/h3-6,8,11,23-24H,7,9-10,12H2,1-2H3,(H,19,26);/q-1;. The second-order valence-corrected chi connectivity index (χ2v) is 5.83. The summed E-state index contributed by atoms with van der Waals surface area (Å²) in [6.07, 6.45) is 2.00. The fraction of sp³-hybridized carbons (Fsp3) is 0.333. The number of amides is 2. The Morgan fingerprint density at radius 1 is 1.30 bits per heavy atom. The van der Waals surface area contributed by atoms with Crippen LogP contribution in [0.2, 0.25) is 0 Å². The summed E-state index contributed by atoms with van der Waals surface area (Å²) in [5.41, 5.74) is 2.30. The first-order chi connectivity index (χ1) is 12.5. The van der Waals surface area contributed by atoms with Gasteiger partial charge in [0.05, 0.1) is 25.0 Å². The molecule has 27 heavy (non-hydrogen) atoms. The third kappa shape index (κ3) is 6.21. The first kappa shape index (κ1) is 23.4. The molecule has 1 aromatic heterocycles. The van der Waals surface area contributed by atoms with Gasteiger partial charge in [-0.15, -0.1) is 6.42 Å². The molecule has 0 aliphatic heterocycles. The van der Waals surface area contributed by atoms with Crippen LogP contribution < -0.4 is 10.9 Å². The molecule has 3 N–H and O–H groups in total. The van der Waals surface area contributed by atoms with Crippen molar-refractivity contribution in [1.82, 2.24) is 20.0 Å². The predicted octanol–water partition coefficient (Wildman–Crippen LogP) is 0.275. The van der Waals surface area contributed by atoms with E-state index in [9.17, 15) is 14.7 Å². The summed E-state index contributed by atoms with van der Waals surface area (Å²) in [6.45, 7) is 1.55. The number of aliphatic hydroxyl groups is 2. The average Bonchev–Trinajstić information content (AvgIpc) is 2.64. The van der Waals surface area contributed by atoms with Crippen molar-refractivity contribution >= 4 is 6.03 Å². The van der Waals surface area contributed by atoms with E-state index in [0.717, 1.165) is 5.56 Å². The molecule has 0 saturated heterocycles. The number of nitrogens with zero attached hydrogens (tertiary/aromatic N) is 3. The van der Waals surface area contributed by atoms with Gasteiger partial charge in [0.2, 0.25) is 0 Å². The Balaban J connectivity index is 0.00000364. The molecule has 0 bridgehead atoms. The first-order valence-corrected chi connectivity index (χ1v) is 8.17. The molecule has 2 amide bonds. The van der Waals surface area contributed by atoms with Gasteiger partial charge >= 0.3 is 0 Å². The third-order valence-electron chi connectivity index (χ3n) is 3.97. The van der Waals surface area contributed by atoms with Crippen molar-refractivity contribution in [2.24, 2.45) is 7.05 Å². The number of hydrogen-bond acceptors (Lipinski definition) is 5. The number of carbonyl (C=O) groups is 1.